The number of anilines is 1. The monoisotopic (exact) mass is 264 g/mol. The van der Waals surface area contributed by atoms with Crippen molar-refractivity contribution < 1.29 is 14.8 Å². The number of carbonyl (C=O) groups is 1. The predicted octanol–water partition coefficient (Wildman–Crippen LogP) is 2.20. The maximum atomic E-state index is 10.9. The molecule has 6 nitrogen and oxygen atoms in total. The minimum atomic E-state index is -0.924. The second kappa shape index (κ2) is 5.26. The van der Waals surface area contributed by atoms with Crippen LogP contribution in [0.1, 0.15) is 18.4 Å². The van der Waals surface area contributed by atoms with Crippen LogP contribution in [0.3, 0.4) is 0 Å². The summed E-state index contributed by atoms with van der Waals surface area (Å²) < 4.78 is 0. The number of rotatable bonds is 6. The molecule has 1 N–H and O–H groups in total. The fourth-order valence-corrected chi connectivity index (χ4v) is 2.08. The molecule has 0 aliphatic heterocycles. The Morgan fingerprint density at radius 1 is 1.53 bits per heavy atom. The summed E-state index contributed by atoms with van der Waals surface area (Å²) in [5.41, 5.74) is 1.49. The van der Waals surface area contributed by atoms with E-state index >= 15 is 0 Å². The molecule has 1 aliphatic rings. The van der Waals surface area contributed by atoms with E-state index in [4.69, 9.17) is 5.11 Å². The van der Waals surface area contributed by atoms with Gasteiger partial charge in [-0.2, -0.15) is 0 Å². The highest BCUT2D eigenvalue weighted by molar-refractivity contribution is 5.75. The highest BCUT2D eigenvalue weighted by atomic mass is 16.6. The highest BCUT2D eigenvalue weighted by Crippen LogP contribution is 2.33. The van der Waals surface area contributed by atoms with E-state index in [0.29, 0.717) is 18.2 Å². The molecule has 0 bridgehead atoms. The number of carboxylic acids is 1. The second-order valence-corrected chi connectivity index (χ2v) is 4.95. The van der Waals surface area contributed by atoms with Crippen molar-refractivity contribution in [1.29, 1.82) is 0 Å². The standard InChI is InChI=1S/C13H16N2O4/c1-9-2-5-11(15(18)19)6-12(9)14(8-13(16)17)7-10-3-4-10/h2,5-6,10H,3-4,7-8H2,1H3,(H,16,17). The van der Waals surface area contributed by atoms with Crippen molar-refractivity contribution in [2.75, 3.05) is 18.0 Å². The maximum Gasteiger partial charge on any atom is 0.323 e. The number of nitro groups is 1. The SMILES string of the molecule is Cc1ccc([N+](=O)[O-])cc1N(CC(=O)O)CC1CC1. The zero-order valence-corrected chi connectivity index (χ0v) is 10.7. The summed E-state index contributed by atoms with van der Waals surface area (Å²) in [6.45, 7) is 2.35. The molecule has 1 aliphatic carbocycles. The number of non-ortho nitro benzene ring substituents is 1. The van der Waals surface area contributed by atoms with Crippen LogP contribution >= 0.6 is 0 Å². The van der Waals surface area contributed by atoms with Crippen LogP contribution in [0.15, 0.2) is 18.2 Å². The zero-order chi connectivity index (χ0) is 14.0. The normalized spacial score (nSPS) is 14.2. The van der Waals surface area contributed by atoms with Gasteiger partial charge in [0.25, 0.3) is 5.69 Å². The number of nitrogens with zero attached hydrogens (tertiary/aromatic N) is 2. The quantitative estimate of drug-likeness (QED) is 0.629. The van der Waals surface area contributed by atoms with E-state index in [-0.39, 0.29) is 12.2 Å². The lowest BCUT2D eigenvalue weighted by atomic mass is 10.1. The van der Waals surface area contributed by atoms with Gasteiger partial charge in [-0.05, 0) is 31.2 Å². The molecule has 1 fully saturated rings. The fourth-order valence-electron chi connectivity index (χ4n) is 2.08. The van der Waals surface area contributed by atoms with Crippen LogP contribution in [0.4, 0.5) is 11.4 Å². The van der Waals surface area contributed by atoms with Crippen LogP contribution in [0.25, 0.3) is 0 Å². The van der Waals surface area contributed by atoms with Gasteiger partial charge in [0.15, 0.2) is 0 Å². The molecule has 0 amide bonds. The van der Waals surface area contributed by atoms with Gasteiger partial charge in [-0.25, -0.2) is 0 Å². The minimum absolute atomic E-state index is 0.00761. The van der Waals surface area contributed by atoms with Crippen molar-refractivity contribution in [3.63, 3.8) is 0 Å². The number of hydrogen-bond donors (Lipinski definition) is 1. The van der Waals surface area contributed by atoms with Gasteiger partial charge in [0.05, 0.1) is 4.92 Å². The van der Waals surface area contributed by atoms with Crippen LogP contribution in [-0.4, -0.2) is 29.1 Å². The van der Waals surface area contributed by atoms with Crippen molar-refractivity contribution in [2.24, 2.45) is 5.92 Å². The van der Waals surface area contributed by atoms with Crippen LogP contribution in [0.5, 0.6) is 0 Å². The number of hydrogen-bond acceptors (Lipinski definition) is 4. The average Bonchev–Trinajstić information content (AvgIpc) is 3.11. The van der Waals surface area contributed by atoms with E-state index in [1.165, 1.54) is 12.1 Å². The van der Waals surface area contributed by atoms with Gasteiger partial charge in [-0.1, -0.05) is 6.07 Å². The lowest BCUT2D eigenvalue weighted by Gasteiger charge is -2.24. The molecule has 0 saturated heterocycles. The molecule has 0 atom stereocenters. The predicted molar refractivity (Wildman–Crippen MR) is 70.4 cm³/mol. The second-order valence-electron chi connectivity index (χ2n) is 4.95. The van der Waals surface area contributed by atoms with E-state index in [2.05, 4.69) is 0 Å². The van der Waals surface area contributed by atoms with Crippen molar-refractivity contribution in [3.05, 3.63) is 33.9 Å². The average molecular weight is 264 g/mol. The topological polar surface area (TPSA) is 83.7 Å². The number of carboxylic acid groups (broad SMARTS) is 1. The molecule has 0 spiro atoms. The summed E-state index contributed by atoms with van der Waals surface area (Å²) >= 11 is 0. The third-order valence-corrected chi connectivity index (χ3v) is 3.25. The van der Waals surface area contributed by atoms with Gasteiger partial charge in [0.2, 0.25) is 0 Å². The Bertz CT molecular complexity index is 511. The molecule has 0 unspecified atom stereocenters. The third kappa shape index (κ3) is 3.43. The van der Waals surface area contributed by atoms with Gasteiger partial charge in [0.1, 0.15) is 6.54 Å². The highest BCUT2D eigenvalue weighted by Gasteiger charge is 2.26. The first-order valence-electron chi connectivity index (χ1n) is 6.19. The van der Waals surface area contributed by atoms with Crippen molar-refractivity contribution >= 4 is 17.3 Å². The zero-order valence-electron chi connectivity index (χ0n) is 10.7. The van der Waals surface area contributed by atoms with Gasteiger partial charge < -0.3 is 10.0 Å². The molecule has 19 heavy (non-hydrogen) atoms. The third-order valence-electron chi connectivity index (χ3n) is 3.25. The van der Waals surface area contributed by atoms with E-state index in [0.717, 1.165) is 18.4 Å². The van der Waals surface area contributed by atoms with Gasteiger partial charge in [-0.3, -0.25) is 14.9 Å². The summed E-state index contributed by atoms with van der Waals surface area (Å²) in [5.74, 6) is -0.412. The Labute approximate surface area is 110 Å². The molecule has 1 aromatic carbocycles. The maximum absolute atomic E-state index is 10.9. The van der Waals surface area contributed by atoms with Gasteiger partial charge in [-0.15, -0.1) is 0 Å². The summed E-state index contributed by atoms with van der Waals surface area (Å²) in [6.07, 6.45) is 2.20. The Hall–Kier alpha value is -2.11. The van der Waals surface area contributed by atoms with Crippen molar-refractivity contribution in [1.82, 2.24) is 0 Å². The van der Waals surface area contributed by atoms with Crippen LogP contribution in [0.2, 0.25) is 0 Å². The smallest absolute Gasteiger partial charge is 0.323 e. The Balaban J connectivity index is 2.29. The molecular formula is C13H16N2O4. The molecule has 102 valence electrons. The van der Waals surface area contributed by atoms with Crippen molar-refractivity contribution in [2.45, 2.75) is 19.8 Å². The molecule has 0 heterocycles. The molecule has 6 heteroatoms. The van der Waals surface area contributed by atoms with Crippen LogP contribution < -0.4 is 4.90 Å². The number of benzene rings is 1. The Morgan fingerprint density at radius 2 is 2.21 bits per heavy atom. The van der Waals surface area contributed by atoms with Gasteiger partial charge >= 0.3 is 5.97 Å². The Morgan fingerprint density at radius 3 is 2.74 bits per heavy atom. The molecule has 0 radical (unpaired) electrons. The first-order valence-corrected chi connectivity index (χ1v) is 6.19. The van der Waals surface area contributed by atoms with E-state index < -0.39 is 10.9 Å². The summed E-state index contributed by atoms with van der Waals surface area (Å²) in [7, 11) is 0. The first-order chi connectivity index (χ1) is 8.97. The van der Waals surface area contributed by atoms with E-state index in [1.54, 1.807) is 11.0 Å². The largest absolute Gasteiger partial charge is 0.480 e. The fraction of sp³-hybridized carbons (Fsp3) is 0.462. The van der Waals surface area contributed by atoms with Crippen molar-refractivity contribution in [3.8, 4) is 0 Å². The molecule has 0 aromatic heterocycles. The summed E-state index contributed by atoms with van der Waals surface area (Å²) in [6, 6.07) is 4.56. The number of aliphatic carboxylic acids is 1. The van der Waals surface area contributed by atoms with Crippen LogP contribution in [-0.2, 0) is 4.79 Å². The molecule has 1 saturated carbocycles. The van der Waals surface area contributed by atoms with Crippen LogP contribution in [0, 0.1) is 23.0 Å². The first kappa shape index (κ1) is 13.3. The summed E-state index contributed by atoms with van der Waals surface area (Å²) in [5, 5.41) is 19.8. The molecular weight excluding hydrogens is 248 g/mol. The van der Waals surface area contributed by atoms with E-state index in [1.807, 2.05) is 6.92 Å². The molecule has 1 aromatic rings. The lowest BCUT2D eigenvalue weighted by Crippen LogP contribution is -2.32. The molecule has 2 rings (SSSR count). The summed E-state index contributed by atoms with van der Waals surface area (Å²) in [4.78, 5) is 23.0. The number of nitro benzene ring substituents is 1. The minimum Gasteiger partial charge on any atom is -0.480 e. The number of aryl methyl sites for hydroxylation is 1. The lowest BCUT2D eigenvalue weighted by molar-refractivity contribution is -0.384. The van der Waals surface area contributed by atoms with E-state index in [9.17, 15) is 14.9 Å². The Kier molecular flexibility index (Phi) is 3.69. The van der Waals surface area contributed by atoms with Gasteiger partial charge in [0, 0.05) is 24.4 Å².